The Morgan fingerprint density at radius 2 is 2.26 bits per heavy atom. The molecule has 0 aliphatic rings. The number of benzene rings is 1. The standard InChI is InChI=1S/C12H15BrN4OS/c1-7(2)9-5-8(13)3-4-11(9)18-6-10-12(15-14)19-17-16-10/h3-5,7,15H,6,14H2,1-2H3. The number of aromatic nitrogens is 2. The number of ether oxygens (including phenoxy) is 1. The average Bonchev–Trinajstić information content (AvgIpc) is 2.84. The molecule has 0 aliphatic heterocycles. The van der Waals surface area contributed by atoms with Crippen molar-refractivity contribution < 1.29 is 4.74 Å². The van der Waals surface area contributed by atoms with Gasteiger partial charge in [-0.1, -0.05) is 34.3 Å². The molecule has 19 heavy (non-hydrogen) atoms. The summed E-state index contributed by atoms with van der Waals surface area (Å²) in [5, 5.41) is 4.71. The van der Waals surface area contributed by atoms with Crippen LogP contribution in [0.5, 0.6) is 5.75 Å². The third-order valence-corrected chi connectivity index (χ3v) is 3.84. The van der Waals surface area contributed by atoms with Crippen molar-refractivity contribution >= 4 is 32.5 Å². The average molecular weight is 343 g/mol. The Kier molecular flexibility index (Phi) is 4.73. The van der Waals surface area contributed by atoms with Gasteiger partial charge in [-0.15, -0.1) is 5.10 Å². The van der Waals surface area contributed by atoms with Crippen LogP contribution in [0, 0.1) is 0 Å². The first-order valence-electron chi connectivity index (χ1n) is 5.82. The van der Waals surface area contributed by atoms with Crippen molar-refractivity contribution in [2.75, 3.05) is 5.43 Å². The van der Waals surface area contributed by atoms with E-state index in [0.29, 0.717) is 18.2 Å². The van der Waals surface area contributed by atoms with Crippen LogP contribution in [0.3, 0.4) is 0 Å². The molecule has 1 heterocycles. The van der Waals surface area contributed by atoms with Gasteiger partial charge in [-0.2, -0.15) is 0 Å². The predicted molar refractivity (Wildman–Crippen MR) is 80.3 cm³/mol. The van der Waals surface area contributed by atoms with E-state index in [0.717, 1.165) is 20.8 Å². The number of hydrogen-bond donors (Lipinski definition) is 2. The number of nitrogen functional groups attached to an aromatic ring is 1. The van der Waals surface area contributed by atoms with Crippen LogP contribution >= 0.6 is 27.5 Å². The van der Waals surface area contributed by atoms with E-state index >= 15 is 0 Å². The Balaban J connectivity index is 2.15. The van der Waals surface area contributed by atoms with Gasteiger partial charge in [-0.05, 0) is 29.7 Å². The highest BCUT2D eigenvalue weighted by Gasteiger charge is 2.11. The topological polar surface area (TPSA) is 73.1 Å². The van der Waals surface area contributed by atoms with Crippen molar-refractivity contribution in [1.29, 1.82) is 0 Å². The van der Waals surface area contributed by atoms with Crippen LogP contribution in [0.4, 0.5) is 5.00 Å². The van der Waals surface area contributed by atoms with Crippen LogP contribution in [-0.4, -0.2) is 9.59 Å². The van der Waals surface area contributed by atoms with Crippen LogP contribution in [0.2, 0.25) is 0 Å². The number of nitrogens with zero attached hydrogens (tertiary/aromatic N) is 2. The molecule has 2 rings (SSSR count). The fourth-order valence-corrected chi connectivity index (χ4v) is 2.52. The normalized spacial score (nSPS) is 10.8. The second kappa shape index (κ2) is 6.31. The van der Waals surface area contributed by atoms with E-state index in [1.807, 2.05) is 12.1 Å². The minimum Gasteiger partial charge on any atom is -0.487 e. The summed E-state index contributed by atoms with van der Waals surface area (Å²) in [5.41, 5.74) is 4.43. The summed E-state index contributed by atoms with van der Waals surface area (Å²) in [7, 11) is 0. The van der Waals surface area contributed by atoms with E-state index in [1.165, 1.54) is 11.5 Å². The van der Waals surface area contributed by atoms with Gasteiger partial charge < -0.3 is 10.2 Å². The summed E-state index contributed by atoms with van der Waals surface area (Å²) in [6.07, 6.45) is 0. The molecule has 0 amide bonds. The number of nitrogens with two attached hydrogens (primary N) is 1. The molecule has 0 aliphatic carbocycles. The monoisotopic (exact) mass is 342 g/mol. The van der Waals surface area contributed by atoms with E-state index in [-0.39, 0.29) is 0 Å². The fourth-order valence-electron chi connectivity index (χ4n) is 1.66. The number of halogens is 1. The second-order valence-corrected chi connectivity index (χ2v) is 5.99. The molecule has 0 bridgehead atoms. The molecule has 0 unspecified atom stereocenters. The number of anilines is 1. The van der Waals surface area contributed by atoms with Gasteiger partial charge in [0.1, 0.15) is 18.1 Å². The number of nitrogens with one attached hydrogen (secondary N) is 1. The molecule has 0 radical (unpaired) electrons. The molecular weight excluding hydrogens is 328 g/mol. The number of hydrazine groups is 1. The zero-order valence-electron chi connectivity index (χ0n) is 10.7. The van der Waals surface area contributed by atoms with Gasteiger partial charge in [0.05, 0.1) is 0 Å². The van der Waals surface area contributed by atoms with Crippen molar-refractivity contribution in [1.82, 2.24) is 9.59 Å². The Bertz CT molecular complexity index is 558. The molecule has 0 fully saturated rings. The molecule has 0 spiro atoms. The molecule has 7 heteroatoms. The van der Waals surface area contributed by atoms with E-state index in [9.17, 15) is 0 Å². The third-order valence-electron chi connectivity index (χ3n) is 2.65. The highest BCUT2D eigenvalue weighted by molar-refractivity contribution is 9.10. The van der Waals surface area contributed by atoms with Crippen molar-refractivity contribution in [2.45, 2.75) is 26.4 Å². The lowest BCUT2D eigenvalue weighted by molar-refractivity contribution is 0.297. The number of hydrogen-bond acceptors (Lipinski definition) is 6. The smallest absolute Gasteiger partial charge is 0.150 e. The van der Waals surface area contributed by atoms with E-state index in [4.69, 9.17) is 10.6 Å². The van der Waals surface area contributed by atoms with Gasteiger partial charge in [-0.25, -0.2) is 5.84 Å². The van der Waals surface area contributed by atoms with Crippen LogP contribution in [0.15, 0.2) is 22.7 Å². The summed E-state index contributed by atoms with van der Waals surface area (Å²) in [6.45, 7) is 4.61. The molecule has 3 N–H and O–H groups in total. The minimum absolute atomic E-state index is 0.345. The molecular formula is C12H15BrN4OS. The quantitative estimate of drug-likeness (QED) is 0.644. The second-order valence-electron chi connectivity index (χ2n) is 4.32. The summed E-state index contributed by atoms with van der Waals surface area (Å²) in [5.74, 6) is 6.62. The van der Waals surface area contributed by atoms with Crippen LogP contribution < -0.4 is 16.0 Å². The molecule has 0 saturated heterocycles. The first-order chi connectivity index (χ1) is 9.11. The highest BCUT2D eigenvalue weighted by atomic mass is 79.9. The maximum absolute atomic E-state index is 5.83. The zero-order valence-corrected chi connectivity index (χ0v) is 13.1. The fraction of sp³-hybridized carbons (Fsp3) is 0.333. The largest absolute Gasteiger partial charge is 0.487 e. The summed E-state index contributed by atoms with van der Waals surface area (Å²) in [4.78, 5) is 0. The van der Waals surface area contributed by atoms with Crippen molar-refractivity contribution in [3.63, 3.8) is 0 Å². The maximum Gasteiger partial charge on any atom is 0.150 e. The molecule has 0 saturated carbocycles. The van der Waals surface area contributed by atoms with Crippen LogP contribution in [-0.2, 0) is 6.61 Å². The summed E-state index contributed by atoms with van der Waals surface area (Å²) < 4.78 is 10.7. The lowest BCUT2D eigenvalue weighted by atomic mass is 10.0. The predicted octanol–water partition coefficient (Wildman–Crippen LogP) is 3.29. The first-order valence-corrected chi connectivity index (χ1v) is 7.38. The van der Waals surface area contributed by atoms with Crippen LogP contribution in [0.1, 0.15) is 31.0 Å². The van der Waals surface area contributed by atoms with Crippen molar-refractivity contribution in [2.24, 2.45) is 5.84 Å². The summed E-state index contributed by atoms with van der Waals surface area (Å²) in [6, 6.07) is 5.98. The van der Waals surface area contributed by atoms with E-state index in [1.54, 1.807) is 0 Å². The van der Waals surface area contributed by atoms with E-state index < -0.39 is 0 Å². The van der Waals surface area contributed by atoms with Crippen LogP contribution in [0.25, 0.3) is 0 Å². The molecule has 1 aromatic carbocycles. The lowest BCUT2D eigenvalue weighted by Gasteiger charge is -2.14. The SMILES string of the molecule is CC(C)c1cc(Br)ccc1OCc1nnsc1NN. The Labute approximate surface area is 124 Å². The Hall–Kier alpha value is -1.18. The maximum atomic E-state index is 5.83. The molecule has 5 nitrogen and oxygen atoms in total. The van der Waals surface area contributed by atoms with Crippen molar-refractivity contribution in [3.8, 4) is 5.75 Å². The summed E-state index contributed by atoms with van der Waals surface area (Å²) >= 11 is 4.69. The van der Waals surface area contributed by atoms with E-state index in [2.05, 4.69) is 50.9 Å². The molecule has 1 aromatic heterocycles. The van der Waals surface area contributed by atoms with Gasteiger partial charge in [0.25, 0.3) is 0 Å². The van der Waals surface area contributed by atoms with Gasteiger partial charge in [0, 0.05) is 16.0 Å². The van der Waals surface area contributed by atoms with Gasteiger partial charge in [-0.3, -0.25) is 0 Å². The number of rotatable bonds is 5. The zero-order chi connectivity index (χ0) is 13.8. The van der Waals surface area contributed by atoms with Gasteiger partial charge >= 0.3 is 0 Å². The van der Waals surface area contributed by atoms with Gasteiger partial charge in [0.2, 0.25) is 0 Å². The Morgan fingerprint density at radius 3 is 2.95 bits per heavy atom. The first kappa shape index (κ1) is 14.2. The highest BCUT2D eigenvalue weighted by Crippen LogP contribution is 2.30. The minimum atomic E-state index is 0.345. The molecule has 2 aromatic rings. The van der Waals surface area contributed by atoms with Crippen molar-refractivity contribution in [3.05, 3.63) is 33.9 Å². The third kappa shape index (κ3) is 3.43. The molecule has 102 valence electrons. The lowest BCUT2D eigenvalue weighted by Crippen LogP contribution is -2.09. The Morgan fingerprint density at radius 1 is 1.47 bits per heavy atom. The van der Waals surface area contributed by atoms with Gasteiger partial charge in [0.15, 0.2) is 5.00 Å². The molecule has 0 atom stereocenters.